The first-order chi connectivity index (χ1) is 17.2. The fourth-order valence-corrected chi connectivity index (χ4v) is 7.50. The minimum Gasteiger partial charge on any atom is -0.383 e. The standard InChI is InChI=1S/C27H32F2N4O3/c1-25(2)18-8-9-27(25,16-5-4-10-33(12-16)24(34)30-13-26(35)14-36-15-26)23-17(18)11-21(31-32-23)22-19(28)6-3-7-20(22)29/h3,6-7,11,16,18,35H,4-5,8-10,12-15H2,1-2H3,(H,30,34)/t16-,18-,27-/m0/s1. The van der Waals surface area contributed by atoms with Crippen molar-refractivity contribution in [3.05, 3.63) is 47.2 Å². The highest BCUT2D eigenvalue weighted by Crippen LogP contribution is 2.70. The van der Waals surface area contributed by atoms with Gasteiger partial charge in [0.1, 0.15) is 17.2 Å². The Labute approximate surface area is 209 Å². The number of likely N-dealkylation sites (tertiary alicyclic amines) is 1. The molecule has 2 saturated heterocycles. The van der Waals surface area contributed by atoms with Crippen LogP contribution in [0.2, 0.25) is 0 Å². The molecule has 2 aliphatic heterocycles. The van der Waals surface area contributed by atoms with E-state index >= 15 is 0 Å². The molecule has 2 bridgehead atoms. The number of ether oxygens (including phenoxy) is 1. The number of amides is 2. The van der Waals surface area contributed by atoms with Crippen molar-refractivity contribution in [3.63, 3.8) is 0 Å². The Morgan fingerprint density at radius 2 is 1.97 bits per heavy atom. The zero-order valence-corrected chi connectivity index (χ0v) is 20.7. The largest absolute Gasteiger partial charge is 0.383 e. The third kappa shape index (κ3) is 3.31. The molecule has 3 fully saturated rings. The van der Waals surface area contributed by atoms with Gasteiger partial charge in [0.15, 0.2) is 0 Å². The van der Waals surface area contributed by atoms with Crippen molar-refractivity contribution >= 4 is 6.03 Å². The van der Waals surface area contributed by atoms with E-state index in [0.29, 0.717) is 13.1 Å². The van der Waals surface area contributed by atoms with Crippen molar-refractivity contribution in [1.29, 1.82) is 0 Å². The lowest BCUT2D eigenvalue weighted by atomic mass is 9.59. The number of urea groups is 1. The Morgan fingerprint density at radius 3 is 2.67 bits per heavy atom. The molecule has 4 aliphatic rings. The lowest BCUT2D eigenvalue weighted by molar-refractivity contribution is -0.173. The minimum absolute atomic E-state index is 0.126. The third-order valence-electron chi connectivity index (χ3n) is 9.40. The number of rotatable bonds is 4. The van der Waals surface area contributed by atoms with Crippen LogP contribution in [0.4, 0.5) is 13.6 Å². The van der Waals surface area contributed by atoms with Crippen molar-refractivity contribution in [3.8, 4) is 11.3 Å². The molecule has 3 heterocycles. The van der Waals surface area contributed by atoms with Gasteiger partial charge in [-0.1, -0.05) is 19.9 Å². The maximum Gasteiger partial charge on any atom is 0.317 e. The maximum absolute atomic E-state index is 14.5. The summed E-state index contributed by atoms with van der Waals surface area (Å²) in [6, 6.07) is 5.50. The molecule has 9 heteroatoms. The fourth-order valence-electron chi connectivity index (χ4n) is 7.50. The van der Waals surface area contributed by atoms with Crippen LogP contribution in [0.25, 0.3) is 11.3 Å². The van der Waals surface area contributed by atoms with Crippen LogP contribution in [0.15, 0.2) is 24.3 Å². The van der Waals surface area contributed by atoms with E-state index < -0.39 is 17.2 Å². The number of halogens is 2. The first-order valence-electron chi connectivity index (χ1n) is 12.8. The Morgan fingerprint density at radius 1 is 1.22 bits per heavy atom. The molecule has 0 radical (unpaired) electrons. The van der Waals surface area contributed by atoms with E-state index in [0.717, 1.165) is 36.9 Å². The molecule has 3 atom stereocenters. The molecule has 36 heavy (non-hydrogen) atoms. The van der Waals surface area contributed by atoms with E-state index in [4.69, 9.17) is 4.74 Å². The zero-order chi connectivity index (χ0) is 25.3. The van der Waals surface area contributed by atoms with Crippen molar-refractivity contribution < 1.29 is 23.4 Å². The van der Waals surface area contributed by atoms with Gasteiger partial charge in [-0.25, -0.2) is 13.6 Å². The normalized spacial score (nSPS) is 29.5. The van der Waals surface area contributed by atoms with Crippen molar-refractivity contribution in [2.24, 2.45) is 11.3 Å². The molecule has 2 amide bonds. The van der Waals surface area contributed by atoms with Gasteiger partial charge in [0.05, 0.1) is 36.7 Å². The van der Waals surface area contributed by atoms with Crippen LogP contribution in [-0.2, 0) is 10.2 Å². The van der Waals surface area contributed by atoms with Gasteiger partial charge >= 0.3 is 6.03 Å². The summed E-state index contributed by atoms with van der Waals surface area (Å²) in [7, 11) is 0. The average molecular weight is 499 g/mol. The SMILES string of the molecule is CC1(C)[C@H]2CC[C@]1([C@H]1CCCN(C(=O)NCC3(O)COC3)C1)c1nnc(-c3c(F)cccc3F)cc12. The number of hydrogen-bond acceptors (Lipinski definition) is 5. The van der Waals surface area contributed by atoms with Crippen LogP contribution in [0.1, 0.15) is 56.7 Å². The van der Waals surface area contributed by atoms with E-state index in [-0.39, 0.29) is 59.7 Å². The van der Waals surface area contributed by atoms with Crippen LogP contribution < -0.4 is 5.32 Å². The first-order valence-corrected chi connectivity index (χ1v) is 12.8. The van der Waals surface area contributed by atoms with Gasteiger partial charge in [-0.05, 0) is 66.7 Å². The molecule has 1 saturated carbocycles. The van der Waals surface area contributed by atoms with Crippen molar-refractivity contribution in [1.82, 2.24) is 20.4 Å². The second kappa shape index (κ2) is 8.18. The summed E-state index contributed by atoms with van der Waals surface area (Å²) in [4.78, 5) is 14.8. The second-order valence-corrected chi connectivity index (χ2v) is 11.6. The summed E-state index contributed by atoms with van der Waals surface area (Å²) in [5, 5.41) is 22.1. The summed E-state index contributed by atoms with van der Waals surface area (Å²) >= 11 is 0. The molecule has 2 aromatic rings. The van der Waals surface area contributed by atoms with Gasteiger partial charge in [-0.2, -0.15) is 10.2 Å². The van der Waals surface area contributed by atoms with E-state index in [1.807, 2.05) is 11.0 Å². The van der Waals surface area contributed by atoms with Crippen LogP contribution in [0, 0.1) is 23.0 Å². The first kappa shape index (κ1) is 23.7. The Balaban J connectivity index is 1.30. The van der Waals surface area contributed by atoms with Gasteiger partial charge in [0.2, 0.25) is 0 Å². The Bertz CT molecular complexity index is 1200. The van der Waals surface area contributed by atoms with E-state index in [1.54, 1.807) is 0 Å². The number of nitrogens with zero attached hydrogens (tertiary/aromatic N) is 3. The highest BCUT2D eigenvalue weighted by molar-refractivity contribution is 5.74. The molecule has 2 N–H and O–H groups in total. The monoisotopic (exact) mass is 498 g/mol. The predicted molar refractivity (Wildman–Crippen MR) is 128 cm³/mol. The lowest BCUT2D eigenvalue weighted by Gasteiger charge is -2.48. The summed E-state index contributed by atoms with van der Waals surface area (Å²) in [6.07, 6.45) is 3.79. The molecule has 0 spiro atoms. The summed E-state index contributed by atoms with van der Waals surface area (Å²) < 4.78 is 34.1. The molecule has 0 unspecified atom stereocenters. The Hall–Kier alpha value is -2.65. The van der Waals surface area contributed by atoms with Gasteiger partial charge in [-0.15, -0.1) is 0 Å². The van der Waals surface area contributed by atoms with Crippen LogP contribution >= 0.6 is 0 Å². The second-order valence-electron chi connectivity index (χ2n) is 11.6. The number of hydrogen-bond donors (Lipinski definition) is 2. The third-order valence-corrected chi connectivity index (χ3v) is 9.40. The number of nitrogens with one attached hydrogen (secondary N) is 1. The van der Waals surface area contributed by atoms with Crippen LogP contribution in [-0.4, -0.2) is 64.7 Å². The van der Waals surface area contributed by atoms with Gasteiger partial charge in [0.25, 0.3) is 0 Å². The molecular weight excluding hydrogens is 466 g/mol. The fraction of sp³-hybridized carbons (Fsp3) is 0.593. The summed E-state index contributed by atoms with van der Waals surface area (Å²) in [5.74, 6) is -0.880. The van der Waals surface area contributed by atoms with Crippen LogP contribution in [0.3, 0.4) is 0 Å². The molecule has 1 aromatic heterocycles. The molecule has 7 nitrogen and oxygen atoms in total. The van der Waals surface area contributed by atoms with Gasteiger partial charge in [0, 0.05) is 18.5 Å². The number of carbonyl (C=O) groups is 1. The van der Waals surface area contributed by atoms with E-state index in [2.05, 4.69) is 29.4 Å². The number of carbonyl (C=O) groups excluding carboxylic acids is 1. The highest BCUT2D eigenvalue weighted by atomic mass is 19.1. The maximum atomic E-state index is 14.5. The molecule has 6 rings (SSSR count). The van der Waals surface area contributed by atoms with E-state index in [1.165, 1.54) is 18.2 Å². The zero-order valence-electron chi connectivity index (χ0n) is 20.7. The summed E-state index contributed by atoms with van der Waals surface area (Å²) in [5.41, 5.74) is 0.695. The van der Waals surface area contributed by atoms with Gasteiger partial charge in [-0.3, -0.25) is 0 Å². The number of benzene rings is 1. The van der Waals surface area contributed by atoms with Crippen molar-refractivity contribution in [2.75, 3.05) is 32.8 Å². The molecule has 1 aromatic carbocycles. The molecule has 192 valence electrons. The lowest BCUT2D eigenvalue weighted by Crippen LogP contribution is -2.59. The average Bonchev–Trinajstić information content (AvgIpc) is 3.22. The predicted octanol–water partition coefficient (Wildman–Crippen LogP) is 3.76. The highest BCUT2D eigenvalue weighted by Gasteiger charge is 2.66. The quantitative estimate of drug-likeness (QED) is 0.670. The molecule has 2 aliphatic carbocycles. The number of fused-ring (bicyclic) bond motifs is 5. The van der Waals surface area contributed by atoms with Crippen molar-refractivity contribution in [2.45, 2.75) is 56.5 Å². The smallest absolute Gasteiger partial charge is 0.317 e. The van der Waals surface area contributed by atoms with Gasteiger partial charge < -0.3 is 20.1 Å². The minimum atomic E-state index is -0.973. The number of piperidine rings is 1. The summed E-state index contributed by atoms with van der Waals surface area (Å²) in [6.45, 7) is 6.45. The van der Waals surface area contributed by atoms with Crippen LogP contribution in [0.5, 0.6) is 0 Å². The number of aliphatic hydroxyl groups is 1. The number of aromatic nitrogens is 2. The van der Waals surface area contributed by atoms with E-state index in [9.17, 15) is 18.7 Å². The topological polar surface area (TPSA) is 87.6 Å². The molecular formula is C27H32F2N4O3. The Kier molecular flexibility index (Phi) is 5.39.